The number of carboxylic acid groups (broad SMARTS) is 1. The van der Waals surface area contributed by atoms with Crippen LogP contribution in [-0.4, -0.2) is 65.0 Å². The van der Waals surface area contributed by atoms with E-state index in [9.17, 15) is 24.3 Å². The van der Waals surface area contributed by atoms with E-state index >= 15 is 0 Å². The summed E-state index contributed by atoms with van der Waals surface area (Å²) < 4.78 is 0. The fourth-order valence-corrected chi connectivity index (χ4v) is 3.02. The van der Waals surface area contributed by atoms with Crippen molar-refractivity contribution >= 4 is 35.5 Å². The van der Waals surface area contributed by atoms with Crippen molar-refractivity contribution in [3.63, 3.8) is 0 Å². The van der Waals surface area contributed by atoms with Crippen LogP contribution in [0.3, 0.4) is 0 Å². The average molecular weight is 433 g/mol. The van der Waals surface area contributed by atoms with Crippen LogP contribution in [0.15, 0.2) is 0 Å². The number of rotatable bonds is 13. The zero-order valence-corrected chi connectivity index (χ0v) is 19.0. The first-order valence-corrected chi connectivity index (χ1v) is 11.2. The second-order valence-electron chi connectivity index (χ2n) is 7.89. The van der Waals surface area contributed by atoms with Crippen molar-refractivity contribution in [3.05, 3.63) is 0 Å². The van der Waals surface area contributed by atoms with E-state index in [0.29, 0.717) is 18.6 Å². The third-order valence-corrected chi connectivity index (χ3v) is 4.87. The summed E-state index contributed by atoms with van der Waals surface area (Å²) in [5, 5.41) is 17.1. The highest BCUT2D eigenvalue weighted by Crippen LogP contribution is 2.09. The summed E-state index contributed by atoms with van der Waals surface area (Å²) >= 11 is 1.51. The topological polar surface area (TPSA) is 151 Å². The number of hydrogen-bond donors (Lipinski definition) is 5. The average Bonchev–Trinajstić information content (AvgIpc) is 2.60. The minimum atomic E-state index is -1.13. The molecule has 0 saturated heterocycles. The fourth-order valence-electron chi connectivity index (χ4n) is 2.55. The predicted octanol–water partition coefficient (Wildman–Crippen LogP) is 0.328. The third-order valence-electron chi connectivity index (χ3n) is 4.23. The Labute approximate surface area is 177 Å². The zero-order chi connectivity index (χ0) is 22.7. The molecule has 0 aliphatic rings. The van der Waals surface area contributed by atoms with Crippen LogP contribution in [0.25, 0.3) is 0 Å². The van der Waals surface area contributed by atoms with Gasteiger partial charge in [-0.15, -0.1) is 0 Å². The van der Waals surface area contributed by atoms with Gasteiger partial charge in [-0.1, -0.05) is 27.7 Å². The molecule has 0 aliphatic carbocycles. The Morgan fingerprint density at radius 2 is 1.41 bits per heavy atom. The Kier molecular flexibility index (Phi) is 12.6. The lowest BCUT2D eigenvalue weighted by Crippen LogP contribution is -2.57. The molecule has 0 spiro atoms. The standard InChI is InChI=1S/C19H36N4O5S/c1-10(2)9-14(22-16(24)12(5)20)18(26)21-13(7-8-29-6)17(25)23-15(11(3)4)19(27)28/h10-15H,7-9,20H2,1-6H3,(H,21,26)(H,22,24)(H,23,25)(H,27,28). The molecule has 4 unspecified atom stereocenters. The number of carbonyl (C=O) groups excluding carboxylic acids is 3. The number of nitrogens with one attached hydrogen (secondary N) is 3. The first kappa shape index (κ1) is 27.2. The third kappa shape index (κ3) is 10.5. The van der Waals surface area contributed by atoms with E-state index in [0.717, 1.165) is 0 Å². The number of amides is 3. The van der Waals surface area contributed by atoms with Gasteiger partial charge >= 0.3 is 5.97 Å². The van der Waals surface area contributed by atoms with Crippen LogP contribution in [0.2, 0.25) is 0 Å². The van der Waals surface area contributed by atoms with E-state index in [4.69, 9.17) is 5.73 Å². The van der Waals surface area contributed by atoms with E-state index < -0.39 is 47.9 Å². The highest BCUT2D eigenvalue weighted by atomic mass is 32.2. The molecular weight excluding hydrogens is 396 g/mol. The van der Waals surface area contributed by atoms with Gasteiger partial charge in [0.1, 0.15) is 18.1 Å². The van der Waals surface area contributed by atoms with E-state index in [2.05, 4.69) is 16.0 Å². The molecule has 0 bridgehead atoms. The predicted molar refractivity (Wildman–Crippen MR) is 114 cm³/mol. The van der Waals surface area contributed by atoms with Gasteiger partial charge in [0.05, 0.1) is 6.04 Å². The summed E-state index contributed by atoms with van der Waals surface area (Å²) in [6.07, 6.45) is 2.58. The Morgan fingerprint density at radius 1 is 0.897 bits per heavy atom. The molecule has 10 heteroatoms. The highest BCUT2D eigenvalue weighted by Gasteiger charge is 2.31. The van der Waals surface area contributed by atoms with Crippen molar-refractivity contribution in [3.8, 4) is 0 Å². The van der Waals surface area contributed by atoms with Crippen LogP contribution in [0.5, 0.6) is 0 Å². The van der Waals surface area contributed by atoms with Gasteiger partial charge in [-0.2, -0.15) is 11.8 Å². The number of carboxylic acids is 1. The molecule has 6 N–H and O–H groups in total. The molecule has 0 aromatic carbocycles. The van der Waals surface area contributed by atoms with Crippen LogP contribution in [-0.2, 0) is 19.2 Å². The normalized spacial score (nSPS) is 15.3. The molecule has 9 nitrogen and oxygen atoms in total. The molecule has 0 fully saturated rings. The summed E-state index contributed by atoms with van der Waals surface area (Å²) in [7, 11) is 0. The van der Waals surface area contributed by atoms with Gasteiger partial charge < -0.3 is 26.8 Å². The number of carbonyl (C=O) groups is 4. The molecular formula is C19H36N4O5S. The van der Waals surface area contributed by atoms with Crippen LogP contribution < -0.4 is 21.7 Å². The van der Waals surface area contributed by atoms with Gasteiger partial charge in [-0.25, -0.2) is 4.79 Å². The van der Waals surface area contributed by atoms with Gasteiger partial charge in [0.25, 0.3) is 0 Å². The first-order chi connectivity index (χ1) is 13.4. The van der Waals surface area contributed by atoms with Crippen molar-refractivity contribution in [2.45, 2.75) is 71.6 Å². The van der Waals surface area contributed by atoms with Crippen LogP contribution >= 0.6 is 11.8 Å². The smallest absolute Gasteiger partial charge is 0.326 e. The number of hydrogen-bond acceptors (Lipinski definition) is 6. The van der Waals surface area contributed by atoms with Crippen molar-refractivity contribution in [1.29, 1.82) is 0 Å². The first-order valence-electron chi connectivity index (χ1n) is 9.79. The minimum absolute atomic E-state index is 0.120. The molecule has 3 amide bonds. The molecule has 168 valence electrons. The molecule has 0 aliphatic heterocycles. The highest BCUT2D eigenvalue weighted by molar-refractivity contribution is 7.98. The van der Waals surface area contributed by atoms with E-state index in [1.807, 2.05) is 20.1 Å². The molecule has 0 radical (unpaired) electrons. The second-order valence-corrected chi connectivity index (χ2v) is 8.88. The molecule has 0 saturated carbocycles. The summed E-state index contributed by atoms with van der Waals surface area (Å²) in [5.74, 6) is -2.24. The molecule has 0 rings (SSSR count). The Morgan fingerprint density at radius 3 is 1.83 bits per heavy atom. The SMILES string of the molecule is CSCCC(NC(=O)C(CC(C)C)NC(=O)C(C)N)C(=O)NC(C(=O)O)C(C)C. The Balaban J connectivity index is 5.37. The van der Waals surface area contributed by atoms with E-state index in [1.165, 1.54) is 18.7 Å². The van der Waals surface area contributed by atoms with Crippen LogP contribution in [0, 0.1) is 11.8 Å². The van der Waals surface area contributed by atoms with Gasteiger partial charge in [0, 0.05) is 0 Å². The van der Waals surface area contributed by atoms with Gasteiger partial charge in [0.2, 0.25) is 17.7 Å². The maximum atomic E-state index is 12.8. The molecule has 0 aromatic heterocycles. The van der Waals surface area contributed by atoms with Crippen molar-refractivity contribution in [1.82, 2.24) is 16.0 Å². The van der Waals surface area contributed by atoms with Crippen LogP contribution in [0.4, 0.5) is 0 Å². The summed E-state index contributed by atoms with van der Waals surface area (Å²) in [5.41, 5.74) is 5.58. The number of aliphatic carboxylic acids is 1. The lowest BCUT2D eigenvalue weighted by molar-refractivity contribution is -0.143. The fraction of sp³-hybridized carbons (Fsp3) is 0.789. The second kappa shape index (κ2) is 13.4. The van der Waals surface area contributed by atoms with Crippen molar-refractivity contribution in [2.24, 2.45) is 17.6 Å². The summed E-state index contributed by atoms with van der Waals surface area (Å²) in [6, 6.07) is -3.56. The number of thioether (sulfide) groups is 1. The largest absolute Gasteiger partial charge is 0.480 e. The lowest BCUT2D eigenvalue weighted by Gasteiger charge is -2.26. The monoisotopic (exact) mass is 432 g/mol. The molecule has 0 aromatic rings. The quantitative estimate of drug-likeness (QED) is 0.281. The molecule has 0 heterocycles. The maximum absolute atomic E-state index is 12.8. The number of nitrogens with two attached hydrogens (primary N) is 1. The summed E-state index contributed by atoms with van der Waals surface area (Å²) in [6.45, 7) is 8.73. The minimum Gasteiger partial charge on any atom is -0.480 e. The molecule has 4 atom stereocenters. The maximum Gasteiger partial charge on any atom is 0.326 e. The molecule has 29 heavy (non-hydrogen) atoms. The van der Waals surface area contributed by atoms with Crippen molar-refractivity contribution in [2.75, 3.05) is 12.0 Å². The Hall–Kier alpha value is -1.81. The van der Waals surface area contributed by atoms with Gasteiger partial charge in [-0.3, -0.25) is 14.4 Å². The van der Waals surface area contributed by atoms with Gasteiger partial charge in [0.15, 0.2) is 0 Å². The summed E-state index contributed by atoms with van der Waals surface area (Å²) in [4.78, 5) is 48.8. The van der Waals surface area contributed by atoms with E-state index in [-0.39, 0.29) is 11.8 Å². The lowest BCUT2D eigenvalue weighted by atomic mass is 10.0. The van der Waals surface area contributed by atoms with Crippen molar-refractivity contribution < 1.29 is 24.3 Å². The van der Waals surface area contributed by atoms with Crippen LogP contribution in [0.1, 0.15) is 47.5 Å². The Bertz CT molecular complexity index is 569. The van der Waals surface area contributed by atoms with Gasteiger partial charge in [-0.05, 0) is 43.6 Å². The van der Waals surface area contributed by atoms with E-state index in [1.54, 1.807) is 13.8 Å². The zero-order valence-electron chi connectivity index (χ0n) is 18.2.